The molecular formula is C20H38N4O. The Labute approximate surface area is 154 Å². The quantitative estimate of drug-likeness (QED) is 0.732. The molecule has 3 saturated heterocycles. The van der Waals surface area contributed by atoms with Crippen molar-refractivity contribution in [2.45, 2.75) is 64.5 Å². The predicted molar refractivity (Wildman–Crippen MR) is 103 cm³/mol. The minimum absolute atomic E-state index is 0.359. The SMILES string of the molecule is CCN(CC)C1CCN(CC(=O)N2CCC(N3CCCCC3)CC2)C1. The first kappa shape index (κ1) is 19.1. The molecule has 1 amide bonds. The topological polar surface area (TPSA) is 30.0 Å². The zero-order valence-corrected chi connectivity index (χ0v) is 16.5. The van der Waals surface area contributed by atoms with Gasteiger partial charge < -0.3 is 9.80 Å². The Morgan fingerprint density at radius 3 is 2.24 bits per heavy atom. The molecule has 144 valence electrons. The number of carbonyl (C=O) groups excluding carboxylic acids is 1. The van der Waals surface area contributed by atoms with E-state index in [1.54, 1.807) is 0 Å². The van der Waals surface area contributed by atoms with Crippen molar-refractivity contribution in [3.05, 3.63) is 0 Å². The van der Waals surface area contributed by atoms with Crippen LogP contribution in [0.25, 0.3) is 0 Å². The molecule has 3 fully saturated rings. The molecule has 5 nitrogen and oxygen atoms in total. The highest BCUT2D eigenvalue weighted by Gasteiger charge is 2.31. The Morgan fingerprint density at radius 1 is 0.920 bits per heavy atom. The summed E-state index contributed by atoms with van der Waals surface area (Å²) in [6.07, 6.45) is 7.69. The van der Waals surface area contributed by atoms with E-state index < -0.39 is 0 Å². The van der Waals surface area contributed by atoms with Crippen molar-refractivity contribution in [1.82, 2.24) is 19.6 Å². The van der Waals surface area contributed by atoms with Crippen molar-refractivity contribution in [3.63, 3.8) is 0 Å². The first-order chi connectivity index (χ1) is 12.2. The first-order valence-electron chi connectivity index (χ1n) is 10.7. The molecule has 0 bridgehead atoms. The van der Waals surface area contributed by atoms with Crippen molar-refractivity contribution < 1.29 is 4.79 Å². The van der Waals surface area contributed by atoms with E-state index >= 15 is 0 Å². The zero-order chi connectivity index (χ0) is 17.6. The molecule has 0 aromatic rings. The molecule has 1 atom stereocenters. The van der Waals surface area contributed by atoms with Gasteiger partial charge in [0.05, 0.1) is 6.54 Å². The average Bonchev–Trinajstić information content (AvgIpc) is 3.12. The molecule has 0 aromatic carbocycles. The molecule has 0 radical (unpaired) electrons. The molecule has 3 rings (SSSR count). The smallest absolute Gasteiger partial charge is 0.236 e. The summed E-state index contributed by atoms with van der Waals surface area (Å²) in [7, 11) is 0. The van der Waals surface area contributed by atoms with Gasteiger partial charge in [-0.05, 0) is 58.3 Å². The lowest BCUT2D eigenvalue weighted by Gasteiger charge is -2.40. The molecule has 3 aliphatic heterocycles. The van der Waals surface area contributed by atoms with Gasteiger partial charge in [-0.15, -0.1) is 0 Å². The number of likely N-dealkylation sites (tertiary alicyclic amines) is 3. The Morgan fingerprint density at radius 2 is 1.60 bits per heavy atom. The van der Waals surface area contributed by atoms with Crippen molar-refractivity contribution in [1.29, 1.82) is 0 Å². The number of hydrogen-bond acceptors (Lipinski definition) is 4. The number of rotatable bonds is 6. The zero-order valence-electron chi connectivity index (χ0n) is 16.5. The lowest BCUT2D eigenvalue weighted by Crippen LogP contribution is -2.50. The Bertz CT molecular complexity index is 412. The maximum absolute atomic E-state index is 12.7. The number of hydrogen-bond donors (Lipinski definition) is 0. The maximum Gasteiger partial charge on any atom is 0.236 e. The maximum atomic E-state index is 12.7. The van der Waals surface area contributed by atoms with E-state index in [1.807, 2.05) is 0 Å². The Balaban J connectivity index is 1.39. The van der Waals surface area contributed by atoms with Crippen molar-refractivity contribution in [2.24, 2.45) is 0 Å². The summed E-state index contributed by atoms with van der Waals surface area (Å²) in [4.78, 5) is 22.4. The fourth-order valence-electron chi connectivity index (χ4n) is 5.05. The van der Waals surface area contributed by atoms with Gasteiger partial charge >= 0.3 is 0 Å². The summed E-state index contributed by atoms with van der Waals surface area (Å²) in [5.41, 5.74) is 0. The van der Waals surface area contributed by atoms with Gasteiger partial charge in [-0.2, -0.15) is 0 Å². The van der Waals surface area contributed by atoms with E-state index in [4.69, 9.17) is 0 Å². The number of nitrogens with zero attached hydrogens (tertiary/aromatic N) is 4. The largest absolute Gasteiger partial charge is 0.341 e. The van der Waals surface area contributed by atoms with Crippen LogP contribution in [0.2, 0.25) is 0 Å². The molecule has 0 aliphatic carbocycles. The van der Waals surface area contributed by atoms with Gasteiger partial charge in [0.2, 0.25) is 5.91 Å². The number of piperidine rings is 2. The average molecular weight is 351 g/mol. The minimum atomic E-state index is 0.359. The molecule has 0 aromatic heterocycles. The van der Waals surface area contributed by atoms with Crippen molar-refractivity contribution in [3.8, 4) is 0 Å². The fourth-order valence-corrected chi connectivity index (χ4v) is 5.05. The summed E-state index contributed by atoms with van der Waals surface area (Å²) >= 11 is 0. The van der Waals surface area contributed by atoms with Crippen LogP contribution in [-0.2, 0) is 4.79 Å². The van der Waals surface area contributed by atoms with E-state index in [0.29, 0.717) is 18.5 Å². The van der Waals surface area contributed by atoms with Crippen LogP contribution in [0.5, 0.6) is 0 Å². The van der Waals surface area contributed by atoms with E-state index in [9.17, 15) is 4.79 Å². The fraction of sp³-hybridized carbons (Fsp3) is 0.950. The standard InChI is InChI=1S/C20H38N4O/c1-3-22(4-2)19-8-13-21(16-19)17-20(25)24-14-9-18(10-15-24)23-11-6-5-7-12-23/h18-19H,3-17H2,1-2H3. The molecule has 0 saturated carbocycles. The molecule has 25 heavy (non-hydrogen) atoms. The van der Waals surface area contributed by atoms with Crippen LogP contribution in [-0.4, -0.2) is 96.5 Å². The van der Waals surface area contributed by atoms with Gasteiger partial charge in [0.1, 0.15) is 0 Å². The van der Waals surface area contributed by atoms with Crippen molar-refractivity contribution >= 4 is 5.91 Å². The number of carbonyl (C=O) groups is 1. The van der Waals surface area contributed by atoms with Crippen LogP contribution in [0.3, 0.4) is 0 Å². The van der Waals surface area contributed by atoms with Gasteiger partial charge in [0.25, 0.3) is 0 Å². The monoisotopic (exact) mass is 350 g/mol. The second kappa shape index (κ2) is 9.33. The summed E-state index contributed by atoms with van der Waals surface area (Å²) < 4.78 is 0. The van der Waals surface area contributed by atoms with Crippen LogP contribution in [0, 0.1) is 0 Å². The second-order valence-electron chi connectivity index (χ2n) is 8.11. The third kappa shape index (κ3) is 4.95. The highest BCUT2D eigenvalue weighted by atomic mass is 16.2. The summed E-state index contributed by atoms with van der Waals surface area (Å²) in [5, 5.41) is 0. The third-order valence-corrected chi connectivity index (χ3v) is 6.66. The molecule has 0 spiro atoms. The molecule has 3 aliphatic rings. The molecule has 0 N–H and O–H groups in total. The van der Waals surface area contributed by atoms with E-state index in [0.717, 1.165) is 45.3 Å². The van der Waals surface area contributed by atoms with Crippen LogP contribution >= 0.6 is 0 Å². The van der Waals surface area contributed by atoms with Gasteiger partial charge in [0, 0.05) is 38.3 Å². The number of likely N-dealkylation sites (N-methyl/N-ethyl adjacent to an activating group) is 1. The predicted octanol–water partition coefficient (Wildman–Crippen LogP) is 1.88. The number of amides is 1. The van der Waals surface area contributed by atoms with Crippen molar-refractivity contribution in [2.75, 3.05) is 58.9 Å². The van der Waals surface area contributed by atoms with Gasteiger partial charge in [0.15, 0.2) is 0 Å². The summed E-state index contributed by atoms with van der Waals surface area (Å²) in [5.74, 6) is 0.359. The van der Waals surface area contributed by atoms with E-state index in [1.165, 1.54) is 51.6 Å². The van der Waals surface area contributed by atoms with Crippen LogP contribution < -0.4 is 0 Å². The summed E-state index contributed by atoms with van der Waals surface area (Å²) in [6.45, 7) is 14.0. The van der Waals surface area contributed by atoms with Gasteiger partial charge in [-0.25, -0.2) is 0 Å². The van der Waals surface area contributed by atoms with E-state index in [-0.39, 0.29) is 0 Å². The van der Waals surface area contributed by atoms with Gasteiger partial charge in [-0.1, -0.05) is 20.3 Å². The third-order valence-electron chi connectivity index (χ3n) is 6.66. The minimum Gasteiger partial charge on any atom is -0.341 e. The highest BCUT2D eigenvalue weighted by Crippen LogP contribution is 2.21. The Hall–Kier alpha value is -0.650. The van der Waals surface area contributed by atoms with Crippen LogP contribution in [0.15, 0.2) is 0 Å². The molecule has 3 heterocycles. The lowest BCUT2D eigenvalue weighted by molar-refractivity contribution is -0.133. The van der Waals surface area contributed by atoms with E-state index in [2.05, 4.69) is 33.4 Å². The summed E-state index contributed by atoms with van der Waals surface area (Å²) in [6, 6.07) is 1.37. The molecular weight excluding hydrogens is 312 g/mol. The first-order valence-corrected chi connectivity index (χ1v) is 10.7. The van der Waals surface area contributed by atoms with Crippen LogP contribution in [0.4, 0.5) is 0 Å². The Kier molecular flexibility index (Phi) is 7.14. The van der Waals surface area contributed by atoms with Gasteiger partial charge in [-0.3, -0.25) is 14.6 Å². The molecule has 5 heteroatoms. The lowest BCUT2D eigenvalue weighted by atomic mass is 10.00. The van der Waals surface area contributed by atoms with Crippen LogP contribution in [0.1, 0.15) is 52.4 Å². The normalized spacial score (nSPS) is 27.3. The second-order valence-corrected chi connectivity index (χ2v) is 8.11. The molecule has 1 unspecified atom stereocenters. The highest BCUT2D eigenvalue weighted by molar-refractivity contribution is 5.78.